The Morgan fingerprint density at radius 1 is 1.15 bits per heavy atom. The van der Waals surface area contributed by atoms with E-state index in [1.54, 1.807) is 0 Å². The highest BCUT2D eigenvalue weighted by Crippen LogP contribution is 2.31. The molecule has 4 rings (SSSR count). The molecule has 1 aromatic carbocycles. The number of piperazine rings is 1. The van der Waals surface area contributed by atoms with E-state index in [4.69, 9.17) is 11.6 Å². The van der Waals surface area contributed by atoms with Crippen molar-refractivity contribution in [1.82, 2.24) is 9.88 Å². The molecular formula is C16H18ClN3. The number of anilines is 1. The molecule has 4 heteroatoms. The average Bonchev–Trinajstić information content (AvgIpc) is 2.93. The minimum atomic E-state index is 0.590. The van der Waals surface area contributed by atoms with Crippen LogP contribution in [-0.4, -0.2) is 42.1 Å². The van der Waals surface area contributed by atoms with Crippen molar-refractivity contribution < 1.29 is 0 Å². The van der Waals surface area contributed by atoms with Crippen LogP contribution in [0.5, 0.6) is 0 Å². The van der Waals surface area contributed by atoms with Crippen LogP contribution in [0.25, 0.3) is 10.8 Å². The zero-order chi connectivity index (χ0) is 13.5. The highest BCUT2D eigenvalue weighted by atomic mass is 35.5. The summed E-state index contributed by atoms with van der Waals surface area (Å²) >= 11 is 6.21. The smallest absolute Gasteiger partial charge is 0.138 e. The van der Waals surface area contributed by atoms with Crippen molar-refractivity contribution >= 4 is 28.2 Å². The summed E-state index contributed by atoms with van der Waals surface area (Å²) in [7, 11) is 0. The van der Waals surface area contributed by atoms with Crippen LogP contribution in [0.2, 0.25) is 5.15 Å². The molecule has 0 spiro atoms. The Kier molecular flexibility index (Phi) is 3.04. The lowest BCUT2D eigenvalue weighted by Crippen LogP contribution is -2.50. The number of aromatic nitrogens is 1. The van der Waals surface area contributed by atoms with E-state index in [1.807, 2.05) is 6.07 Å². The number of hydrogen-bond donors (Lipinski definition) is 0. The van der Waals surface area contributed by atoms with Gasteiger partial charge in [0, 0.05) is 31.1 Å². The molecule has 2 aromatic rings. The number of nitrogens with zero attached hydrogens (tertiary/aromatic N) is 3. The van der Waals surface area contributed by atoms with Crippen LogP contribution in [0.3, 0.4) is 0 Å². The lowest BCUT2D eigenvalue weighted by atomic mass is 10.1. The van der Waals surface area contributed by atoms with Gasteiger partial charge in [0.1, 0.15) is 11.0 Å². The molecule has 0 unspecified atom stereocenters. The summed E-state index contributed by atoms with van der Waals surface area (Å²) < 4.78 is 0. The van der Waals surface area contributed by atoms with Crippen molar-refractivity contribution in [2.75, 3.05) is 31.1 Å². The quantitative estimate of drug-likeness (QED) is 0.751. The summed E-state index contributed by atoms with van der Waals surface area (Å²) in [6.45, 7) is 4.54. The molecule has 0 saturated carbocycles. The number of benzene rings is 1. The van der Waals surface area contributed by atoms with Gasteiger partial charge in [-0.1, -0.05) is 35.9 Å². The van der Waals surface area contributed by atoms with E-state index in [0.717, 1.165) is 25.5 Å². The molecule has 0 radical (unpaired) electrons. The summed E-state index contributed by atoms with van der Waals surface area (Å²) in [5, 5.41) is 2.98. The van der Waals surface area contributed by atoms with E-state index < -0.39 is 0 Å². The van der Waals surface area contributed by atoms with Crippen molar-refractivity contribution in [2.24, 2.45) is 0 Å². The van der Waals surface area contributed by atoms with Gasteiger partial charge in [-0.2, -0.15) is 0 Å². The fraction of sp³-hybridized carbons (Fsp3) is 0.438. The van der Waals surface area contributed by atoms with Gasteiger partial charge in [-0.3, -0.25) is 4.90 Å². The fourth-order valence-corrected chi connectivity index (χ4v) is 3.77. The SMILES string of the molecule is Clc1cc2ccccc2c(N2CCN3CCC[C@H]3C2)n1. The van der Waals surface area contributed by atoms with E-state index in [1.165, 1.54) is 30.2 Å². The maximum atomic E-state index is 6.21. The zero-order valence-electron chi connectivity index (χ0n) is 11.4. The van der Waals surface area contributed by atoms with Gasteiger partial charge in [-0.25, -0.2) is 4.98 Å². The third kappa shape index (κ3) is 2.05. The van der Waals surface area contributed by atoms with E-state index >= 15 is 0 Å². The topological polar surface area (TPSA) is 19.4 Å². The number of fused-ring (bicyclic) bond motifs is 2. The van der Waals surface area contributed by atoms with Crippen LogP contribution < -0.4 is 4.90 Å². The van der Waals surface area contributed by atoms with Crippen LogP contribution in [0.1, 0.15) is 12.8 Å². The van der Waals surface area contributed by atoms with Gasteiger partial charge in [0.25, 0.3) is 0 Å². The first kappa shape index (κ1) is 12.4. The first-order valence-corrected chi connectivity index (χ1v) is 7.73. The molecule has 2 aliphatic heterocycles. The van der Waals surface area contributed by atoms with Gasteiger partial charge in [-0.05, 0) is 30.8 Å². The van der Waals surface area contributed by atoms with Gasteiger partial charge >= 0.3 is 0 Å². The van der Waals surface area contributed by atoms with E-state index in [9.17, 15) is 0 Å². The Balaban J connectivity index is 1.74. The number of halogens is 1. The Morgan fingerprint density at radius 3 is 3.00 bits per heavy atom. The maximum absolute atomic E-state index is 6.21. The van der Waals surface area contributed by atoms with Gasteiger partial charge in [0.2, 0.25) is 0 Å². The number of pyridine rings is 1. The molecule has 3 heterocycles. The van der Waals surface area contributed by atoms with Crippen molar-refractivity contribution in [3.05, 3.63) is 35.5 Å². The lowest BCUT2D eigenvalue weighted by molar-refractivity contribution is 0.230. The molecule has 104 valence electrons. The van der Waals surface area contributed by atoms with Crippen molar-refractivity contribution in [3.63, 3.8) is 0 Å². The molecule has 0 bridgehead atoms. The van der Waals surface area contributed by atoms with Crippen LogP contribution in [-0.2, 0) is 0 Å². The predicted octanol–water partition coefficient (Wildman–Crippen LogP) is 3.17. The van der Waals surface area contributed by atoms with E-state index in [0.29, 0.717) is 11.2 Å². The predicted molar refractivity (Wildman–Crippen MR) is 83.6 cm³/mol. The van der Waals surface area contributed by atoms with Crippen molar-refractivity contribution in [2.45, 2.75) is 18.9 Å². The Hall–Kier alpha value is -1.32. The van der Waals surface area contributed by atoms with Crippen molar-refractivity contribution in [1.29, 1.82) is 0 Å². The molecule has 2 aliphatic rings. The normalized spacial score (nSPS) is 23.2. The van der Waals surface area contributed by atoms with Gasteiger partial charge in [0.05, 0.1) is 0 Å². The van der Waals surface area contributed by atoms with Crippen molar-refractivity contribution in [3.8, 4) is 0 Å². The van der Waals surface area contributed by atoms with E-state index in [2.05, 4.69) is 39.0 Å². The second-order valence-electron chi connectivity index (χ2n) is 5.77. The van der Waals surface area contributed by atoms with Gasteiger partial charge in [-0.15, -0.1) is 0 Å². The largest absolute Gasteiger partial charge is 0.353 e. The molecule has 0 N–H and O–H groups in total. The standard InChI is InChI=1S/C16H18ClN3/c17-15-10-12-4-1-2-6-14(12)16(18-15)20-9-8-19-7-3-5-13(19)11-20/h1-2,4,6,10,13H,3,5,7-9,11H2/t13-/m0/s1. The average molecular weight is 288 g/mol. The highest BCUT2D eigenvalue weighted by molar-refractivity contribution is 6.30. The molecule has 0 amide bonds. The second-order valence-corrected chi connectivity index (χ2v) is 6.16. The third-order valence-electron chi connectivity index (χ3n) is 4.58. The zero-order valence-corrected chi connectivity index (χ0v) is 12.2. The molecule has 20 heavy (non-hydrogen) atoms. The minimum absolute atomic E-state index is 0.590. The first-order chi connectivity index (χ1) is 9.81. The molecule has 1 atom stereocenters. The van der Waals surface area contributed by atoms with E-state index in [-0.39, 0.29) is 0 Å². The van der Waals surface area contributed by atoms with Crippen LogP contribution in [0.15, 0.2) is 30.3 Å². The Bertz CT molecular complexity index is 643. The molecule has 2 saturated heterocycles. The first-order valence-electron chi connectivity index (χ1n) is 7.35. The fourth-order valence-electron chi connectivity index (χ4n) is 3.57. The summed E-state index contributed by atoms with van der Waals surface area (Å²) in [4.78, 5) is 9.64. The van der Waals surface area contributed by atoms with Crippen LogP contribution in [0.4, 0.5) is 5.82 Å². The minimum Gasteiger partial charge on any atom is -0.353 e. The van der Waals surface area contributed by atoms with Crippen LogP contribution >= 0.6 is 11.6 Å². The molecule has 3 nitrogen and oxygen atoms in total. The summed E-state index contributed by atoms with van der Waals surface area (Å²) in [6.07, 6.45) is 2.65. The lowest BCUT2D eigenvalue weighted by Gasteiger charge is -2.38. The number of rotatable bonds is 1. The monoisotopic (exact) mass is 287 g/mol. The molecule has 0 aliphatic carbocycles. The van der Waals surface area contributed by atoms with Crippen LogP contribution in [0, 0.1) is 0 Å². The summed E-state index contributed by atoms with van der Waals surface area (Å²) in [5.74, 6) is 1.06. The summed E-state index contributed by atoms with van der Waals surface area (Å²) in [5.41, 5.74) is 0. The highest BCUT2D eigenvalue weighted by Gasteiger charge is 2.31. The Labute approximate surface area is 124 Å². The molecule has 2 fully saturated rings. The molecular weight excluding hydrogens is 270 g/mol. The third-order valence-corrected chi connectivity index (χ3v) is 4.77. The van der Waals surface area contributed by atoms with Gasteiger partial charge in [0.15, 0.2) is 0 Å². The Morgan fingerprint density at radius 2 is 2.05 bits per heavy atom. The number of hydrogen-bond acceptors (Lipinski definition) is 3. The van der Waals surface area contributed by atoms with Gasteiger partial charge < -0.3 is 4.90 Å². The second kappa shape index (κ2) is 4.90. The molecule has 1 aromatic heterocycles. The maximum Gasteiger partial charge on any atom is 0.138 e. The summed E-state index contributed by atoms with van der Waals surface area (Å²) in [6, 6.07) is 11.0.